The maximum absolute atomic E-state index is 6.54. The molecule has 3 heterocycles. The maximum atomic E-state index is 6.54. The molecule has 6 nitrogen and oxygen atoms in total. The van der Waals surface area contributed by atoms with Crippen molar-refractivity contribution >= 4 is 21.8 Å². The molecule has 0 aliphatic carbocycles. The van der Waals surface area contributed by atoms with E-state index in [1.54, 1.807) is 0 Å². The molecule has 0 N–H and O–H groups in total. The Balaban J connectivity index is 0.00000497. The monoisotopic (exact) mass is 896 g/mol. The minimum absolute atomic E-state index is 0. The summed E-state index contributed by atoms with van der Waals surface area (Å²) in [4.78, 5) is 4.82. The molecular formula is C47H51N5OPt-2. The molecule has 0 aliphatic heterocycles. The van der Waals surface area contributed by atoms with Crippen molar-refractivity contribution in [1.82, 2.24) is 19.2 Å². The van der Waals surface area contributed by atoms with Crippen LogP contribution in [0.25, 0.3) is 39.0 Å². The van der Waals surface area contributed by atoms with Gasteiger partial charge in [-0.25, -0.2) is 4.98 Å². The summed E-state index contributed by atoms with van der Waals surface area (Å²) in [5, 5.41) is 7.38. The summed E-state index contributed by atoms with van der Waals surface area (Å²) < 4.78 is 12.6. The number of fused-ring (bicyclic) bond motifs is 3. The van der Waals surface area contributed by atoms with E-state index in [4.69, 9.17) is 14.8 Å². The smallest absolute Gasteiger partial charge is 0.271 e. The van der Waals surface area contributed by atoms with Gasteiger partial charge in [0, 0.05) is 49.7 Å². The molecular weight excluding hydrogens is 846 g/mol. The zero-order chi connectivity index (χ0) is 38.1. The van der Waals surface area contributed by atoms with Gasteiger partial charge >= 0.3 is 0 Å². The van der Waals surface area contributed by atoms with E-state index in [9.17, 15) is 0 Å². The van der Waals surface area contributed by atoms with Gasteiger partial charge in [0.15, 0.2) is 5.82 Å². The standard InChI is InChI=1S/C47H51N5O.Pt/c1-44(2,3)31-22-23-48-42(27-31)52-40-19-14-13-18-38(40)39-21-20-37(29-41(39)52)53-36-17-15-16-34(28-36)50-30-51(49-43(50)47(10,11)12)35-25-32(45(4,5)6)24-33(26-35)46(7,8)9;/h13-27H,1-12H3;/q-2;. The van der Waals surface area contributed by atoms with E-state index >= 15 is 0 Å². The van der Waals surface area contributed by atoms with Gasteiger partial charge in [-0.15, -0.1) is 34.8 Å². The van der Waals surface area contributed by atoms with Gasteiger partial charge in [0.1, 0.15) is 5.82 Å². The van der Waals surface area contributed by atoms with Crippen LogP contribution in [-0.4, -0.2) is 19.2 Å². The molecule has 0 saturated carbocycles. The van der Waals surface area contributed by atoms with Gasteiger partial charge in [0.05, 0.1) is 5.69 Å². The Labute approximate surface area is 335 Å². The fourth-order valence-corrected chi connectivity index (χ4v) is 6.60. The molecule has 4 aromatic carbocycles. The van der Waals surface area contributed by atoms with Crippen LogP contribution in [0.3, 0.4) is 0 Å². The summed E-state index contributed by atoms with van der Waals surface area (Å²) in [6, 6.07) is 36.6. The van der Waals surface area contributed by atoms with E-state index in [0.29, 0.717) is 11.5 Å². The second-order valence-electron chi connectivity index (χ2n) is 18.3. The predicted molar refractivity (Wildman–Crippen MR) is 215 cm³/mol. The first-order chi connectivity index (χ1) is 24.8. The van der Waals surface area contributed by atoms with Crippen LogP contribution in [0.5, 0.6) is 11.5 Å². The number of rotatable bonds is 5. The van der Waals surface area contributed by atoms with Crippen LogP contribution in [0.2, 0.25) is 0 Å². The molecule has 7 heteroatoms. The van der Waals surface area contributed by atoms with Crippen molar-refractivity contribution in [2.45, 2.75) is 105 Å². The van der Waals surface area contributed by atoms with Gasteiger partial charge < -0.3 is 13.9 Å². The van der Waals surface area contributed by atoms with Crippen LogP contribution in [0.1, 0.15) is 106 Å². The Kier molecular flexibility index (Phi) is 10.1. The van der Waals surface area contributed by atoms with Crippen LogP contribution in [0.15, 0.2) is 91.1 Å². The molecule has 0 aliphatic rings. The normalized spacial score (nSPS) is 12.7. The maximum Gasteiger partial charge on any atom is 0.271 e. The third-order valence-electron chi connectivity index (χ3n) is 9.78. The van der Waals surface area contributed by atoms with Crippen LogP contribution in [0, 0.1) is 18.5 Å². The molecule has 0 saturated heterocycles. The second-order valence-corrected chi connectivity index (χ2v) is 18.3. The Bertz CT molecular complexity index is 2450. The number of benzene rings is 4. The van der Waals surface area contributed by atoms with Gasteiger partial charge in [0.25, 0.3) is 6.33 Å². The van der Waals surface area contributed by atoms with Crippen molar-refractivity contribution in [1.29, 1.82) is 0 Å². The summed E-state index contributed by atoms with van der Waals surface area (Å²) in [6.07, 6.45) is 5.46. The summed E-state index contributed by atoms with van der Waals surface area (Å²) in [5.74, 6) is 2.89. The fraction of sp³-hybridized carbons (Fsp3) is 0.340. The molecule has 0 spiro atoms. The number of hydrogen-bond donors (Lipinski definition) is 0. The first-order valence-corrected chi connectivity index (χ1v) is 18.5. The Morgan fingerprint density at radius 1 is 0.611 bits per heavy atom. The number of para-hydroxylation sites is 1. The van der Waals surface area contributed by atoms with Crippen LogP contribution >= 0.6 is 0 Å². The second kappa shape index (κ2) is 13.9. The number of aromatic nitrogens is 5. The number of pyridine rings is 1. The molecule has 0 amide bonds. The first-order valence-electron chi connectivity index (χ1n) is 18.5. The van der Waals surface area contributed by atoms with E-state index in [0.717, 1.165) is 44.8 Å². The predicted octanol–water partition coefficient (Wildman–Crippen LogP) is 11.0. The molecule has 0 atom stereocenters. The van der Waals surface area contributed by atoms with Crippen LogP contribution < -0.4 is 9.42 Å². The third kappa shape index (κ3) is 7.68. The van der Waals surface area contributed by atoms with E-state index in [2.05, 4.69) is 167 Å². The Morgan fingerprint density at radius 3 is 1.91 bits per heavy atom. The van der Waals surface area contributed by atoms with E-state index in [-0.39, 0.29) is 42.7 Å². The zero-order valence-corrected chi connectivity index (χ0v) is 35.9. The van der Waals surface area contributed by atoms with Crippen molar-refractivity contribution in [2.75, 3.05) is 0 Å². The van der Waals surface area contributed by atoms with E-state index in [1.165, 1.54) is 16.7 Å². The van der Waals surface area contributed by atoms with Crippen LogP contribution in [-0.2, 0) is 42.7 Å². The molecule has 0 bridgehead atoms. The quantitative estimate of drug-likeness (QED) is 0.128. The van der Waals surface area contributed by atoms with Gasteiger partial charge in [0.2, 0.25) is 0 Å². The summed E-state index contributed by atoms with van der Waals surface area (Å²) in [5.41, 5.74) is 7.18. The SMILES string of the molecule is CC(C)(C)c1cc(-[n+]2[c-]n(-c3[c-]c(Oc4[c-]c5c(cc4)c4ccccc4n5-c4cc(C(C)(C)C)ccn4)ccc3)c(C(C)(C)C)n2)cc(C(C)(C)C)c1.[Pt]. The average Bonchev–Trinajstić information content (AvgIpc) is 3.68. The van der Waals surface area contributed by atoms with Gasteiger partial charge in [-0.05, 0) is 56.5 Å². The molecule has 282 valence electrons. The topological polar surface area (TPSA) is 48.8 Å². The third-order valence-corrected chi connectivity index (χ3v) is 9.78. The molecule has 7 aromatic rings. The van der Waals surface area contributed by atoms with Gasteiger partial charge in [-0.3, -0.25) is 0 Å². The Hall–Kier alpha value is -4.54. The van der Waals surface area contributed by atoms with Crippen molar-refractivity contribution in [3.05, 3.63) is 132 Å². The van der Waals surface area contributed by atoms with Crippen molar-refractivity contribution in [3.63, 3.8) is 0 Å². The molecule has 0 fully saturated rings. The van der Waals surface area contributed by atoms with Crippen molar-refractivity contribution in [3.8, 4) is 28.7 Å². The van der Waals surface area contributed by atoms with E-state index in [1.807, 2.05) is 39.7 Å². The summed E-state index contributed by atoms with van der Waals surface area (Å²) in [6.45, 7) is 26.7. The largest absolute Gasteiger partial charge is 0.510 e. The number of nitrogens with zero attached hydrogens (tertiary/aromatic N) is 5. The number of hydrogen-bond acceptors (Lipinski definition) is 3. The van der Waals surface area contributed by atoms with Crippen LogP contribution in [0.4, 0.5) is 0 Å². The van der Waals surface area contributed by atoms with Crippen molar-refractivity contribution < 1.29 is 30.5 Å². The fourth-order valence-electron chi connectivity index (χ4n) is 6.60. The summed E-state index contributed by atoms with van der Waals surface area (Å²) >= 11 is 0. The van der Waals surface area contributed by atoms with Crippen molar-refractivity contribution in [2.24, 2.45) is 0 Å². The molecule has 3 aromatic heterocycles. The molecule has 54 heavy (non-hydrogen) atoms. The van der Waals surface area contributed by atoms with Gasteiger partial charge in [-0.2, -0.15) is 22.9 Å². The molecule has 0 radical (unpaired) electrons. The average molecular weight is 897 g/mol. The first kappa shape index (κ1) is 39.2. The minimum atomic E-state index is -0.272. The summed E-state index contributed by atoms with van der Waals surface area (Å²) in [7, 11) is 0. The molecule has 7 rings (SSSR count). The molecule has 0 unspecified atom stereocenters. The minimum Gasteiger partial charge on any atom is -0.510 e. The van der Waals surface area contributed by atoms with Gasteiger partial charge in [-0.1, -0.05) is 131 Å². The zero-order valence-electron chi connectivity index (χ0n) is 33.6. The van der Waals surface area contributed by atoms with E-state index < -0.39 is 0 Å². The number of ether oxygens (including phenoxy) is 1. The Morgan fingerprint density at radius 2 is 1.26 bits per heavy atom.